The van der Waals surface area contributed by atoms with Crippen LogP contribution in [0.15, 0.2) is 54.7 Å². The number of carbonyl (C=O) groups excluding carboxylic acids is 1. The van der Waals surface area contributed by atoms with Crippen molar-refractivity contribution in [2.45, 2.75) is 5.92 Å². The van der Waals surface area contributed by atoms with Gasteiger partial charge in [-0.1, -0.05) is 36.4 Å². The molecule has 3 nitrogen and oxygen atoms in total. The first-order valence-corrected chi connectivity index (χ1v) is 5.72. The lowest BCUT2D eigenvalue weighted by atomic mass is 10.1. The van der Waals surface area contributed by atoms with Crippen LogP contribution < -0.4 is 5.32 Å². The van der Waals surface area contributed by atoms with Gasteiger partial charge in [0.25, 0.3) is 11.8 Å². The molecule has 0 bridgehead atoms. The second-order valence-electron chi connectivity index (χ2n) is 3.97. The van der Waals surface area contributed by atoms with Crippen LogP contribution in [0.2, 0.25) is 0 Å². The number of pyridine rings is 1. The van der Waals surface area contributed by atoms with Crippen LogP contribution >= 0.6 is 0 Å². The monoisotopic (exact) mass is 262 g/mol. The van der Waals surface area contributed by atoms with Crippen molar-refractivity contribution >= 4 is 5.91 Å². The predicted octanol–water partition coefficient (Wildman–Crippen LogP) is 2.60. The van der Waals surface area contributed by atoms with Crippen molar-refractivity contribution in [3.8, 4) is 0 Å². The van der Waals surface area contributed by atoms with E-state index in [9.17, 15) is 13.6 Å². The molecule has 1 amide bonds. The Morgan fingerprint density at radius 1 is 1.11 bits per heavy atom. The van der Waals surface area contributed by atoms with Crippen LogP contribution in [-0.4, -0.2) is 17.4 Å². The van der Waals surface area contributed by atoms with Gasteiger partial charge in [-0.2, -0.15) is 8.78 Å². The molecule has 0 saturated heterocycles. The molecule has 2 aromatic rings. The number of alkyl halides is 2. The minimum absolute atomic E-state index is 0.117. The molecule has 1 N–H and O–H groups in total. The molecule has 0 unspecified atom stereocenters. The largest absolute Gasteiger partial charge is 0.344 e. The van der Waals surface area contributed by atoms with Crippen molar-refractivity contribution in [3.05, 3.63) is 66.0 Å². The quantitative estimate of drug-likeness (QED) is 0.920. The summed E-state index contributed by atoms with van der Waals surface area (Å²) >= 11 is 0. The second-order valence-corrected chi connectivity index (χ2v) is 3.97. The first-order valence-electron chi connectivity index (χ1n) is 5.72. The highest BCUT2D eigenvalue weighted by Gasteiger charge is 2.31. The highest BCUT2D eigenvalue weighted by Crippen LogP contribution is 2.26. The van der Waals surface area contributed by atoms with Gasteiger partial charge < -0.3 is 5.32 Å². The Kier molecular flexibility index (Phi) is 3.85. The Labute approximate surface area is 109 Å². The van der Waals surface area contributed by atoms with Crippen molar-refractivity contribution in [2.24, 2.45) is 0 Å². The number of rotatable bonds is 4. The van der Waals surface area contributed by atoms with E-state index < -0.39 is 18.4 Å². The lowest BCUT2D eigenvalue weighted by Gasteiger charge is -2.17. The fraction of sp³-hybridized carbons (Fsp3) is 0.143. The summed E-state index contributed by atoms with van der Waals surface area (Å²) < 4.78 is 27.6. The zero-order valence-electron chi connectivity index (χ0n) is 10.0. The second kappa shape index (κ2) is 5.56. The molecule has 19 heavy (non-hydrogen) atoms. The summed E-state index contributed by atoms with van der Waals surface area (Å²) in [5, 5.41) is 2.19. The standard InChI is InChI=1S/C14H12F2N2O/c15-14(16,11-6-2-1-3-7-11)10-18-13(19)12-8-4-5-9-17-12/h1-9H,10H2,(H,18,19). The number of nitrogens with zero attached hydrogens (tertiary/aromatic N) is 1. The minimum atomic E-state index is -3.11. The molecular weight excluding hydrogens is 250 g/mol. The maximum atomic E-state index is 13.8. The van der Waals surface area contributed by atoms with Gasteiger partial charge >= 0.3 is 0 Å². The Balaban J connectivity index is 2.01. The van der Waals surface area contributed by atoms with E-state index in [1.807, 2.05) is 0 Å². The van der Waals surface area contributed by atoms with E-state index in [0.717, 1.165) is 0 Å². The number of amides is 1. The summed E-state index contributed by atoms with van der Waals surface area (Å²) in [6, 6.07) is 12.1. The molecule has 0 radical (unpaired) electrons. The van der Waals surface area contributed by atoms with Gasteiger partial charge in [0.15, 0.2) is 0 Å². The highest BCUT2D eigenvalue weighted by molar-refractivity contribution is 5.92. The van der Waals surface area contributed by atoms with E-state index in [1.54, 1.807) is 18.2 Å². The molecule has 0 atom stereocenters. The number of halogens is 2. The highest BCUT2D eigenvalue weighted by atomic mass is 19.3. The topological polar surface area (TPSA) is 42.0 Å². The Bertz CT molecular complexity index is 544. The van der Waals surface area contributed by atoms with E-state index in [-0.39, 0.29) is 11.3 Å². The number of benzene rings is 1. The number of carbonyl (C=O) groups is 1. The molecule has 5 heteroatoms. The normalized spacial score (nSPS) is 11.1. The first-order chi connectivity index (χ1) is 9.09. The summed E-state index contributed by atoms with van der Waals surface area (Å²) in [7, 11) is 0. The van der Waals surface area contributed by atoms with Crippen molar-refractivity contribution in [1.82, 2.24) is 10.3 Å². The van der Waals surface area contributed by atoms with Gasteiger partial charge in [-0.3, -0.25) is 9.78 Å². The van der Waals surface area contributed by atoms with Gasteiger partial charge in [-0.15, -0.1) is 0 Å². The van der Waals surface area contributed by atoms with E-state index in [1.165, 1.54) is 36.5 Å². The first kappa shape index (κ1) is 13.1. The van der Waals surface area contributed by atoms with Crippen molar-refractivity contribution in [2.75, 3.05) is 6.54 Å². The minimum Gasteiger partial charge on any atom is -0.344 e. The number of aromatic nitrogens is 1. The molecule has 2 rings (SSSR count). The fourth-order valence-corrected chi connectivity index (χ4v) is 1.56. The van der Waals surface area contributed by atoms with Gasteiger partial charge in [0.1, 0.15) is 5.69 Å². The summed E-state index contributed by atoms with van der Waals surface area (Å²) in [5.74, 6) is -3.72. The average Bonchev–Trinajstić information content (AvgIpc) is 2.47. The van der Waals surface area contributed by atoms with E-state index in [0.29, 0.717) is 0 Å². The van der Waals surface area contributed by atoms with Crippen LogP contribution in [0, 0.1) is 0 Å². The van der Waals surface area contributed by atoms with Gasteiger partial charge in [-0.05, 0) is 12.1 Å². The molecule has 0 fully saturated rings. The van der Waals surface area contributed by atoms with Gasteiger partial charge in [-0.25, -0.2) is 0 Å². The molecular formula is C14H12F2N2O. The SMILES string of the molecule is O=C(NCC(F)(F)c1ccccc1)c1ccccn1. The zero-order chi connectivity index (χ0) is 13.7. The average molecular weight is 262 g/mol. The Hall–Kier alpha value is -2.30. The fourth-order valence-electron chi connectivity index (χ4n) is 1.56. The van der Waals surface area contributed by atoms with Crippen molar-refractivity contribution < 1.29 is 13.6 Å². The van der Waals surface area contributed by atoms with Crippen LogP contribution in [0.5, 0.6) is 0 Å². The van der Waals surface area contributed by atoms with Crippen LogP contribution in [-0.2, 0) is 5.92 Å². The van der Waals surface area contributed by atoms with E-state index >= 15 is 0 Å². The third kappa shape index (κ3) is 3.34. The van der Waals surface area contributed by atoms with Crippen LogP contribution in [0.4, 0.5) is 8.78 Å². The van der Waals surface area contributed by atoms with Crippen LogP contribution in [0.25, 0.3) is 0 Å². The molecule has 0 aliphatic rings. The zero-order valence-corrected chi connectivity index (χ0v) is 10.0. The number of hydrogen-bond donors (Lipinski definition) is 1. The molecule has 0 spiro atoms. The molecule has 1 heterocycles. The maximum absolute atomic E-state index is 13.8. The molecule has 0 aliphatic heterocycles. The molecule has 0 saturated carbocycles. The smallest absolute Gasteiger partial charge is 0.290 e. The lowest BCUT2D eigenvalue weighted by molar-refractivity contribution is -0.00251. The van der Waals surface area contributed by atoms with E-state index in [2.05, 4.69) is 10.3 Å². The number of hydrogen-bond acceptors (Lipinski definition) is 2. The number of nitrogens with one attached hydrogen (secondary N) is 1. The summed E-state index contributed by atoms with van der Waals surface area (Å²) in [6.45, 7) is -0.758. The summed E-state index contributed by atoms with van der Waals surface area (Å²) in [6.07, 6.45) is 1.43. The molecule has 1 aromatic carbocycles. The summed E-state index contributed by atoms with van der Waals surface area (Å²) in [5.41, 5.74) is -0.0114. The third-order valence-electron chi connectivity index (χ3n) is 2.56. The van der Waals surface area contributed by atoms with Gasteiger partial charge in [0.05, 0.1) is 6.54 Å². The van der Waals surface area contributed by atoms with Crippen LogP contribution in [0.1, 0.15) is 16.1 Å². The maximum Gasteiger partial charge on any atom is 0.290 e. The van der Waals surface area contributed by atoms with E-state index in [4.69, 9.17) is 0 Å². The Morgan fingerprint density at radius 3 is 2.42 bits per heavy atom. The molecule has 1 aromatic heterocycles. The van der Waals surface area contributed by atoms with Gasteiger partial charge in [0.2, 0.25) is 0 Å². The van der Waals surface area contributed by atoms with Crippen LogP contribution in [0.3, 0.4) is 0 Å². The summed E-state index contributed by atoms with van der Waals surface area (Å²) in [4.78, 5) is 15.4. The lowest BCUT2D eigenvalue weighted by Crippen LogP contribution is -2.35. The molecule has 98 valence electrons. The molecule has 0 aliphatic carbocycles. The third-order valence-corrected chi connectivity index (χ3v) is 2.56. The van der Waals surface area contributed by atoms with Gasteiger partial charge in [0, 0.05) is 11.8 Å². The Morgan fingerprint density at radius 2 is 1.79 bits per heavy atom. The predicted molar refractivity (Wildman–Crippen MR) is 66.9 cm³/mol. The van der Waals surface area contributed by atoms with Crippen molar-refractivity contribution in [1.29, 1.82) is 0 Å². The van der Waals surface area contributed by atoms with Crippen molar-refractivity contribution in [3.63, 3.8) is 0 Å².